The highest BCUT2D eigenvalue weighted by molar-refractivity contribution is 6.42. The van der Waals surface area contributed by atoms with Gasteiger partial charge in [0, 0.05) is 6.04 Å². The highest BCUT2D eigenvalue weighted by Gasteiger charge is 2.22. The predicted octanol–water partition coefficient (Wildman–Crippen LogP) is 3.92. The SMILES string of the molecule is C[C@H](OC(=O)Cc1ccc(Cl)c(Cl)c1)C(=O)NC1CCCCC1. The Morgan fingerprint density at radius 1 is 1.22 bits per heavy atom. The first-order valence-corrected chi connectivity index (χ1v) is 8.65. The van der Waals surface area contributed by atoms with Gasteiger partial charge in [0.1, 0.15) is 0 Å². The standard InChI is InChI=1S/C17H21Cl2NO3/c1-11(17(22)20-13-5-3-2-4-6-13)23-16(21)10-12-7-8-14(18)15(19)9-12/h7-9,11,13H,2-6,10H2,1H3,(H,20,22)/t11-/m0/s1. The van der Waals surface area contributed by atoms with E-state index in [1.54, 1.807) is 25.1 Å². The fraction of sp³-hybridized carbons (Fsp3) is 0.529. The molecule has 126 valence electrons. The molecule has 0 spiro atoms. The summed E-state index contributed by atoms with van der Waals surface area (Å²) in [5.74, 6) is -0.700. The summed E-state index contributed by atoms with van der Waals surface area (Å²) >= 11 is 11.7. The smallest absolute Gasteiger partial charge is 0.311 e. The Morgan fingerprint density at radius 3 is 2.57 bits per heavy atom. The minimum absolute atomic E-state index is 0.0535. The molecule has 0 heterocycles. The molecule has 1 aliphatic rings. The molecule has 1 aromatic rings. The van der Waals surface area contributed by atoms with Gasteiger partial charge in [-0.1, -0.05) is 48.5 Å². The van der Waals surface area contributed by atoms with Crippen LogP contribution in [0.15, 0.2) is 18.2 Å². The van der Waals surface area contributed by atoms with E-state index in [4.69, 9.17) is 27.9 Å². The van der Waals surface area contributed by atoms with Crippen molar-refractivity contribution in [2.24, 2.45) is 0 Å². The van der Waals surface area contributed by atoms with Crippen LogP contribution >= 0.6 is 23.2 Å². The van der Waals surface area contributed by atoms with Crippen LogP contribution in [0.5, 0.6) is 0 Å². The van der Waals surface area contributed by atoms with E-state index in [9.17, 15) is 9.59 Å². The van der Waals surface area contributed by atoms with Crippen molar-refractivity contribution >= 4 is 35.1 Å². The van der Waals surface area contributed by atoms with Gasteiger partial charge in [-0.15, -0.1) is 0 Å². The zero-order valence-electron chi connectivity index (χ0n) is 13.1. The normalized spacial score (nSPS) is 16.7. The number of nitrogens with one attached hydrogen (secondary N) is 1. The molecule has 0 radical (unpaired) electrons. The monoisotopic (exact) mass is 357 g/mol. The van der Waals surface area contributed by atoms with Crippen molar-refractivity contribution in [3.05, 3.63) is 33.8 Å². The third kappa shape index (κ3) is 5.70. The van der Waals surface area contributed by atoms with Crippen molar-refractivity contribution in [3.8, 4) is 0 Å². The van der Waals surface area contributed by atoms with Crippen LogP contribution in [0.3, 0.4) is 0 Å². The number of ether oxygens (including phenoxy) is 1. The first-order valence-electron chi connectivity index (χ1n) is 7.89. The molecule has 0 saturated heterocycles. The highest BCUT2D eigenvalue weighted by Crippen LogP contribution is 2.23. The van der Waals surface area contributed by atoms with Crippen LogP contribution in [0, 0.1) is 0 Å². The van der Waals surface area contributed by atoms with E-state index in [1.165, 1.54) is 6.42 Å². The highest BCUT2D eigenvalue weighted by atomic mass is 35.5. The van der Waals surface area contributed by atoms with Gasteiger partial charge < -0.3 is 10.1 Å². The van der Waals surface area contributed by atoms with Gasteiger partial charge in [0.25, 0.3) is 5.91 Å². The number of amides is 1. The molecule has 0 bridgehead atoms. The maximum Gasteiger partial charge on any atom is 0.311 e. The number of halogens is 2. The van der Waals surface area contributed by atoms with Crippen LogP contribution in [0.2, 0.25) is 10.0 Å². The molecule has 1 atom stereocenters. The Morgan fingerprint density at radius 2 is 1.91 bits per heavy atom. The minimum Gasteiger partial charge on any atom is -0.452 e. The zero-order valence-corrected chi connectivity index (χ0v) is 14.6. The molecule has 0 unspecified atom stereocenters. The third-order valence-corrected chi connectivity index (χ3v) is 4.70. The summed E-state index contributed by atoms with van der Waals surface area (Å²) in [6.07, 6.45) is 4.74. The number of esters is 1. The number of rotatable bonds is 5. The van der Waals surface area contributed by atoms with Crippen LogP contribution in [-0.4, -0.2) is 24.0 Å². The Balaban J connectivity index is 1.81. The van der Waals surface area contributed by atoms with Crippen molar-refractivity contribution in [2.45, 2.75) is 57.6 Å². The molecule has 0 aliphatic heterocycles. The number of hydrogen-bond acceptors (Lipinski definition) is 3. The van der Waals surface area contributed by atoms with Crippen LogP contribution < -0.4 is 5.32 Å². The first kappa shape index (κ1) is 18.1. The lowest BCUT2D eigenvalue weighted by Crippen LogP contribution is -2.42. The molecule has 0 aromatic heterocycles. The summed E-state index contributed by atoms with van der Waals surface area (Å²) in [7, 11) is 0. The van der Waals surface area contributed by atoms with Crippen LogP contribution in [-0.2, 0) is 20.7 Å². The number of carbonyl (C=O) groups excluding carboxylic acids is 2. The van der Waals surface area contributed by atoms with Gasteiger partial charge in [-0.2, -0.15) is 0 Å². The molecule has 23 heavy (non-hydrogen) atoms. The second kappa shape index (κ2) is 8.55. The summed E-state index contributed by atoms with van der Waals surface area (Å²) in [6, 6.07) is 5.17. The largest absolute Gasteiger partial charge is 0.452 e. The van der Waals surface area contributed by atoms with E-state index < -0.39 is 12.1 Å². The van der Waals surface area contributed by atoms with E-state index in [0.29, 0.717) is 15.6 Å². The second-order valence-electron chi connectivity index (χ2n) is 5.90. The van der Waals surface area contributed by atoms with E-state index in [0.717, 1.165) is 25.7 Å². The Bertz CT molecular complexity index is 571. The minimum atomic E-state index is -0.799. The molecular weight excluding hydrogens is 337 g/mol. The van der Waals surface area contributed by atoms with Crippen LogP contribution in [0.4, 0.5) is 0 Å². The summed E-state index contributed by atoms with van der Waals surface area (Å²) in [5.41, 5.74) is 0.698. The van der Waals surface area contributed by atoms with E-state index >= 15 is 0 Å². The molecule has 4 nitrogen and oxygen atoms in total. The van der Waals surface area contributed by atoms with Gasteiger partial charge in [0.2, 0.25) is 0 Å². The third-order valence-electron chi connectivity index (χ3n) is 3.96. The molecule has 1 saturated carbocycles. The molecule has 1 fully saturated rings. The second-order valence-corrected chi connectivity index (χ2v) is 6.72. The van der Waals surface area contributed by atoms with Crippen molar-refractivity contribution < 1.29 is 14.3 Å². The molecule has 1 aromatic carbocycles. The van der Waals surface area contributed by atoms with Gasteiger partial charge in [0.05, 0.1) is 16.5 Å². The van der Waals surface area contributed by atoms with Crippen molar-refractivity contribution in [1.82, 2.24) is 5.32 Å². The van der Waals surface area contributed by atoms with E-state index in [-0.39, 0.29) is 18.4 Å². The van der Waals surface area contributed by atoms with E-state index in [1.807, 2.05) is 0 Å². The summed E-state index contributed by atoms with van der Waals surface area (Å²) in [5, 5.41) is 3.77. The maximum absolute atomic E-state index is 12.1. The fourth-order valence-electron chi connectivity index (χ4n) is 2.67. The van der Waals surface area contributed by atoms with Crippen molar-refractivity contribution in [2.75, 3.05) is 0 Å². The Kier molecular flexibility index (Phi) is 6.72. The quantitative estimate of drug-likeness (QED) is 0.812. The molecule has 2 rings (SSSR count). The number of hydrogen-bond donors (Lipinski definition) is 1. The van der Waals surface area contributed by atoms with E-state index in [2.05, 4.69) is 5.32 Å². The maximum atomic E-state index is 12.1. The van der Waals surface area contributed by atoms with Crippen molar-refractivity contribution in [3.63, 3.8) is 0 Å². The molecule has 1 N–H and O–H groups in total. The first-order chi connectivity index (χ1) is 11.0. The lowest BCUT2D eigenvalue weighted by Gasteiger charge is -2.24. The van der Waals surface area contributed by atoms with Gasteiger partial charge in [-0.05, 0) is 37.5 Å². The van der Waals surface area contributed by atoms with Crippen LogP contribution in [0.1, 0.15) is 44.6 Å². The lowest BCUT2D eigenvalue weighted by atomic mass is 9.95. The molecule has 1 aliphatic carbocycles. The van der Waals surface area contributed by atoms with Crippen molar-refractivity contribution in [1.29, 1.82) is 0 Å². The number of benzene rings is 1. The number of carbonyl (C=O) groups is 2. The molecular formula is C17H21Cl2NO3. The summed E-state index contributed by atoms with van der Waals surface area (Å²) in [4.78, 5) is 24.0. The summed E-state index contributed by atoms with van der Waals surface area (Å²) in [6.45, 7) is 1.59. The Labute approximate surface area is 146 Å². The van der Waals surface area contributed by atoms with Crippen LogP contribution in [0.25, 0.3) is 0 Å². The zero-order chi connectivity index (χ0) is 16.8. The Hall–Kier alpha value is -1.26. The topological polar surface area (TPSA) is 55.4 Å². The van der Waals surface area contributed by atoms with Gasteiger partial charge in [-0.25, -0.2) is 0 Å². The molecule has 1 amide bonds. The van der Waals surface area contributed by atoms with Gasteiger partial charge in [-0.3, -0.25) is 9.59 Å². The molecule has 6 heteroatoms. The average molecular weight is 358 g/mol. The average Bonchev–Trinajstić information content (AvgIpc) is 2.51. The fourth-order valence-corrected chi connectivity index (χ4v) is 2.99. The summed E-state index contributed by atoms with van der Waals surface area (Å²) < 4.78 is 5.20. The van der Waals surface area contributed by atoms with Gasteiger partial charge in [0.15, 0.2) is 6.10 Å². The predicted molar refractivity (Wildman–Crippen MR) is 90.7 cm³/mol. The van der Waals surface area contributed by atoms with Gasteiger partial charge >= 0.3 is 5.97 Å². The lowest BCUT2D eigenvalue weighted by molar-refractivity contribution is -0.154.